The van der Waals surface area contributed by atoms with Crippen LogP contribution in [0.15, 0.2) is 0 Å². The van der Waals surface area contributed by atoms with Crippen molar-refractivity contribution >= 4 is 0 Å². The first-order chi connectivity index (χ1) is 7.42. The zero-order valence-corrected chi connectivity index (χ0v) is 9.66. The maximum absolute atomic E-state index is 5.95. The van der Waals surface area contributed by atoms with E-state index in [4.69, 9.17) is 10.5 Å². The molecule has 2 aliphatic rings. The number of hydrogen-bond donors (Lipinski definition) is 1. The monoisotopic (exact) mass is 212 g/mol. The van der Waals surface area contributed by atoms with Gasteiger partial charge in [-0.05, 0) is 18.8 Å². The highest BCUT2D eigenvalue weighted by atomic mass is 16.5. The second-order valence-corrected chi connectivity index (χ2v) is 4.85. The molecule has 1 saturated carbocycles. The minimum Gasteiger partial charge on any atom is -0.379 e. The van der Waals surface area contributed by atoms with Crippen LogP contribution in [0.5, 0.6) is 0 Å². The Morgan fingerprint density at radius 3 is 2.40 bits per heavy atom. The number of hydrogen-bond acceptors (Lipinski definition) is 3. The normalized spacial score (nSPS) is 27.8. The van der Waals surface area contributed by atoms with E-state index in [0.717, 1.165) is 38.8 Å². The van der Waals surface area contributed by atoms with Crippen LogP contribution in [0.25, 0.3) is 0 Å². The molecule has 3 heteroatoms. The summed E-state index contributed by atoms with van der Waals surface area (Å²) in [7, 11) is 0. The molecule has 2 fully saturated rings. The third-order valence-corrected chi connectivity index (χ3v) is 3.95. The highest BCUT2D eigenvalue weighted by molar-refractivity contribution is 4.83. The number of ether oxygens (including phenoxy) is 1. The molecular formula is C12H24N2O. The van der Waals surface area contributed by atoms with Crippen LogP contribution in [0.4, 0.5) is 0 Å². The standard InChI is InChI=1S/C12H24N2O/c13-10-12(11-4-2-1-3-5-11)14-6-8-15-9-7-14/h11-12H,1-10,13H2/t12-/m0/s1. The van der Waals surface area contributed by atoms with Crippen LogP contribution < -0.4 is 5.73 Å². The molecule has 0 bridgehead atoms. The summed E-state index contributed by atoms with van der Waals surface area (Å²) in [5.41, 5.74) is 5.95. The molecule has 2 N–H and O–H groups in total. The van der Waals surface area contributed by atoms with E-state index < -0.39 is 0 Å². The maximum Gasteiger partial charge on any atom is 0.0594 e. The lowest BCUT2D eigenvalue weighted by Gasteiger charge is -2.40. The van der Waals surface area contributed by atoms with Crippen LogP contribution in [-0.4, -0.2) is 43.8 Å². The Morgan fingerprint density at radius 1 is 1.13 bits per heavy atom. The molecule has 88 valence electrons. The first kappa shape index (κ1) is 11.4. The average Bonchev–Trinajstić information content (AvgIpc) is 2.33. The molecule has 15 heavy (non-hydrogen) atoms. The summed E-state index contributed by atoms with van der Waals surface area (Å²) in [6, 6.07) is 0.620. The highest BCUT2D eigenvalue weighted by Crippen LogP contribution is 2.28. The van der Waals surface area contributed by atoms with Crippen molar-refractivity contribution in [2.45, 2.75) is 38.1 Å². The topological polar surface area (TPSA) is 38.5 Å². The number of rotatable bonds is 3. The zero-order valence-electron chi connectivity index (χ0n) is 9.66. The molecule has 0 radical (unpaired) electrons. The molecule has 1 heterocycles. The van der Waals surface area contributed by atoms with Crippen LogP contribution in [0.1, 0.15) is 32.1 Å². The van der Waals surface area contributed by atoms with Crippen molar-refractivity contribution in [2.24, 2.45) is 11.7 Å². The minimum atomic E-state index is 0.620. The van der Waals surface area contributed by atoms with Crippen molar-refractivity contribution in [3.05, 3.63) is 0 Å². The fraction of sp³-hybridized carbons (Fsp3) is 1.00. The van der Waals surface area contributed by atoms with Crippen molar-refractivity contribution in [3.63, 3.8) is 0 Å². The Bertz CT molecular complexity index is 156. The van der Waals surface area contributed by atoms with Gasteiger partial charge in [-0.3, -0.25) is 4.90 Å². The summed E-state index contributed by atoms with van der Waals surface area (Å²) in [6.07, 6.45) is 7.02. The minimum absolute atomic E-state index is 0.620. The maximum atomic E-state index is 5.95. The predicted octanol–water partition coefficient (Wildman–Crippen LogP) is 1.23. The summed E-state index contributed by atoms with van der Waals surface area (Å²) < 4.78 is 5.40. The summed E-state index contributed by atoms with van der Waals surface area (Å²) in [5, 5.41) is 0. The van der Waals surface area contributed by atoms with Gasteiger partial charge in [0.05, 0.1) is 13.2 Å². The van der Waals surface area contributed by atoms with E-state index in [-0.39, 0.29) is 0 Å². The lowest BCUT2D eigenvalue weighted by atomic mass is 9.83. The summed E-state index contributed by atoms with van der Waals surface area (Å²) >= 11 is 0. The van der Waals surface area contributed by atoms with Gasteiger partial charge in [0.25, 0.3) is 0 Å². The Labute approximate surface area is 93.0 Å². The average molecular weight is 212 g/mol. The summed E-state index contributed by atoms with van der Waals surface area (Å²) in [5.74, 6) is 0.849. The molecule has 3 nitrogen and oxygen atoms in total. The molecular weight excluding hydrogens is 188 g/mol. The molecule has 0 amide bonds. The van der Waals surface area contributed by atoms with E-state index >= 15 is 0 Å². The van der Waals surface area contributed by atoms with E-state index in [1.54, 1.807) is 0 Å². The van der Waals surface area contributed by atoms with Crippen LogP contribution >= 0.6 is 0 Å². The van der Waals surface area contributed by atoms with Gasteiger partial charge in [-0.1, -0.05) is 19.3 Å². The first-order valence-corrected chi connectivity index (χ1v) is 6.43. The Morgan fingerprint density at radius 2 is 1.80 bits per heavy atom. The molecule has 1 aliphatic carbocycles. The molecule has 1 atom stereocenters. The fourth-order valence-electron chi connectivity index (χ4n) is 3.07. The van der Waals surface area contributed by atoms with Crippen LogP contribution in [-0.2, 0) is 4.74 Å². The van der Waals surface area contributed by atoms with Gasteiger partial charge in [-0.15, -0.1) is 0 Å². The van der Waals surface area contributed by atoms with Crippen LogP contribution in [0.2, 0.25) is 0 Å². The molecule has 0 aromatic rings. The quantitative estimate of drug-likeness (QED) is 0.764. The third-order valence-electron chi connectivity index (χ3n) is 3.95. The van der Waals surface area contributed by atoms with E-state index in [1.807, 2.05) is 0 Å². The molecule has 1 saturated heterocycles. The fourth-order valence-corrected chi connectivity index (χ4v) is 3.07. The largest absolute Gasteiger partial charge is 0.379 e. The predicted molar refractivity (Wildman–Crippen MR) is 61.8 cm³/mol. The van der Waals surface area contributed by atoms with Gasteiger partial charge in [0, 0.05) is 25.7 Å². The van der Waals surface area contributed by atoms with Crippen molar-refractivity contribution < 1.29 is 4.74 Å². The smallest absolute Gasteiger partial charge is 0.0594 e. The van der Waals surface area contributed by atoms with Crippen molar-refractivity contribution in [3.8, 4) is 0 Å². The number of morpholine rings is 1. The van der Waals surface area contributed by atoms with Crippen molar-refractivity contribution in [1.82, 2.24) is 4.90 Å². The van der Waals surface area contributed by atoms with Gasteiger partial charge >= 0.3 is 0 Å². The van der Waals surface area contributed by atoms with Gasteiger partial charge in [-0.2, -0.15) is 0 Å². The SMILES string of the molecule is NC[C@@H](C1CCCCC1)N1CCOCC1. The van der Waals surface area contributed by atoms with Crippen molar-refractivity contribution in [2.75, 3.05) is 32.8 Å². The first-order valence-electron chi connectivity index (χ1n) is 6.43. The lowest BCUT2D eigenvalue weighted by Crippen LogP contribution is -2.50. The molecule has 0 unspecified atom stereocenters. The Hall–Kier alpha value is -0.120. The lowest BCUT2D eigenvalue weighted by molar-refractivity contribution is 0.000289. The summed E-state index contributed by atoms with van der Waals surface area (Å²) in [6.45, 7) is 4.77. The van der Waals surface area contributed by atoms with Gasteiger partial charge in [0.2, 0.25) is 0 Å². The number of nitrogens with zero attached hydrogens (tertiary/aromatic N) is 1. The molecule has 0 aromatic carbocycles. The summed E-state index contributed by atoms with van der Waals surface area (Å²) in [4.78, 5) is 2.56. The zero-order chi connectivity index (χ0) is 10.5. The molecule has 2 rings (SSSR count). The van der Waals surface area contributed by atoms with Gasteiger partial charge in [0.15, 0.2) is 0 Å². The molecule has 1 aliphatic heterocycles. The third kappa shape index (κ3) is 2.92. The van der Waals surface area contributed by atoms with Crippen molar-refractivity contribution in [1.29, 1.82) is 0 Å². The number of nitrogens with two attached hydrogens (primary N) is 1. The highest BCUT2D eigenvalue weighted by Gasteiger charge is 2.28. The van der Waals surface area contributed by atoms with Crippen LogP contribution in [0.3, 0.4) is 0 Å². The van der Waals surface area contributed by atoms with E-state index in [2.05, 4.69) is 4.90 Å². The Balaban J connectivity index is 1.88. The van der Waals surface area contributed by atoms with Crippen LogP contribution in [0, 0.1) is 5.92 Å². The van der Waals surface area contributed by atoms with E-state index in [0.29, 0.717) is 6.04 Å². The second-order valence-electron chi connectivity index (χ2n) is 4.85. The van der Waals surface area contributed by atoms with Gasteiger partial charge in [-0.25, -0.2) is 0 Å². The van der Waals surface area contributed by atoms with E-state index in [1.165, 1.54) is 32.1 Å². The van der Waals surface area contributed by atoms with Gasteiger partial charge < -0.3 is 10.5 Å². The van der Waals surface area contributed by atoms with E-state index in [9.17, 15) is 0 Å². The Kier molecular flexibility index (Phi) is 4.42. The molecule has 0 spiro atoms. The van der Waals surface area contributed by atoms with Gasteiger partial charge in [0.1, 0.15) is 0 Å². The second kappa shape index (κ2) is 5.83. The molecule has 0 aromatic heterocycles.